The number of nitrogens with one attached hydrogen (secondary N) is 1. The molecule has 1 atom stereocenters. The van der Waals surface area contributed by atoms with E-state index in [1.54, 1.807) is 13.8 Å². The Bertz CT molecular complexity index is 298. The average molecular weight is 257 g/mol. The summed E-state index contributed by atoms with van der Waals surface area (Å²) in [7, 11) is 0. The predicted molar refractivity (Wildman–Crippen MR) is 73.8 cm³/mol. The summed E-state index contributed by atoms with van der Waals surface area (Å²) >= 11 is 4.90. The quantitative estimate of drug-likeness (QED) is 0.719. The van der Waals surface area contributed by atoms with Crippen LogP contribution in [0.1, 0.15) is 33.6 Å². The first-order chi connectivity index (χ1) is 7.85. The number of carbonyl (C=O) groups is 1. The van der Waals surface area contributed by atoms with E-state index in [2.05, 4.69) is 17.1 Å². The van der Waals surface area contributed by atoms with Crippen LogP contribution in [0.25, 0.3) is 0 Å². The Morgan fingerprint density at radius 3 is 2.47 bits per heavy atom. The Kier molecular flexibility index (Phi) is 4.89. The van der Waals surface area contributed by atoms with Crippen molar-refractivity contribution in [1.29, 1.82) is 0 Å². The van der Waals surface area contributed by atoms with Crippen LogP contribution in [0.4, 0.5) is 0 Å². The molecule has 17 heavy (non-hydrogen) atoms. The van der Waals surface area contributed by atoms with Crippen molar-refractivity contribution < 1.29 is 4.79 Å². The third kappa shape index (κ3) is 3.64. The van der Waals surface area contributed by atoms with Gasteiger partial charge in [0.1, 0.15) is 0 Å². The molecule has 1 saturated heterocycles. The fourth-order valence-electron chi connectivity index (χ4n) is 1.88. The summed E-state index contributed by atoms with van der Waals surface area (Å²) in [5.74, 6) is -0.0870. The van der Waals surface area contributed by atoms with Crippen LogP contribution in [0, 0.1) is 5.41 Å². The van der Waals surface area contributed by atoms with E-state index in [1.165, 1.54) is 12.8 Å². The minimum atomic E-state index is -0.764. The third-order valence-electron chi connectivity index (χ3n) is 3.51. The molecule has 1 heterocycles. The fourth-order valence-corrected chi connectivity index (χ4v) is 1.98. The molecular weight excluding hydrogens is 234 g/mol. The van der Waals surface area contributed by atoms with Gasteiger partial charge in [-0.2, -0.15) is 0 Å². The lowest BCUT2D eigenvalue weighted by Crippen LogP contribution is -2.48. The van der Waals surface area contributed by atoms with Crippen molar-refractivity contribution >= 4 is 23.1 Å². The van der Waals surface area contributed by atoms with Gasteiger partial charge in [0.15, 0.2) is 0 Å². The van der Waals surface area contributed by atoms with Crippen LogP contribution in [0.2, 0.25) is 0 Å². The smallest absolute Gasteiger partial charge is 0.232 e. The molecule has 0 bridgehead atoms. The number of rotatable bonds is 5. The molecule has 0 saturated carbocycles. The van der Waals surface area contributed by atoms with Crippen molar-refractivity contribution in [3.05, 3.63) is 0 Å². The number of thiocarbonyl (C=S) groups is 1. The molecule has 0 aromatic heterocycles. The topological polar surface area (TPSA) is 58.4 Å². The molecule has 1 amide bonds. The second-order valence-corrected chi connectivity index (χ2v) is 5.73. The van der Waals surface area contributed by atoms with Gasteiger partial charge in [0, 0.05) is 12.6 Å². The van der Waals surface area contributed by atoms with Gasteiger partial charge in [0.25, 0.3) is 0 Å². The minimum Gasteiger partial charge on any atom is -0.392 e. The van der Waals surface area contributed by atoms with Crippen molar-refractivity contribution in [2.24, 2.45) is 11.1 Å². The first-order valence-corrected chi connectivity index (χ1v) is 6.58. The third-order valence-corrected chi connectivity index (χ3v) is 4.02. The Labute approximate surface area is 109 Å². The number of nitrogens with two attached hydrogens (primary N) is 1. The zero-order chi connectivity index (χ0) is 13.1. The van der Waals surface area contributed by atoms with E-state index in [9.17, 15) is 4.79 Å². The normalized spacial score (nSPS) is 19.0. The van der Waals surface area contributed by atoms with E-state index in [4.69, 9.17) is 18.0 Å². The maximum Gasteiger partial charge on any atom is 0.232 e. The Morgan fingerprint density at radius 1 is 1.47 bits per heavy atom. The van der Waals surface area contributed by atoms with Crippen LogP contribution < -0.4 is 11.1 Å². The Morgan fingerprint density at radius 2 is 2.00 bits per heavy atom. The van der Waals surface area contributed by atoms with E-state index in [0.29, 0.717) is 12.6 Å². The molecule has 0 aliphatic carbocycles. The highest BCUT2D eigenvalue weighted by atomic mass is 32.1. The van der Waals surface area contributed by atoms with E-state index in [-0.39, 0.29) is 10.9 Å². The summed E-state index contributed by atoms with van der Waals surface area (Å²) in [6.07, 6.45) is 2.52. The average Bonchev–Trinajstić information content (AvgIpc) is 2.78. The summed E-state index contributed by atoms with van der Waals surface area (Å²) in [6.45, 7) is 8.58. The number of likely N-dealkylation sites (tertiary alicyclic amines) is 1. The lowest BCUT2D eigenvalue weighted by Gasteiger charge is -2.27. The highest BCUT2D eigenvalue weighted by Crippen LogP contribution is 2.16. The number of hydrogen-bond acceptors (Lipinski definition) is 3. The van der Waals surface area contributed by atoms with Gasteiger partial charge in [-0.25, -0.2) is 0 Å². The Hall–Kier alpha value is -0.680. The largest absolute Gasteiger partial charge is 0.392 e. The van der Waals surface area contributed by atoms with Crippen LogP contribution in [-0.2, 0) is 4.79 Å². The SMILES string of the molecule is CC(CNC(=O)C(C)(C)C(N)=S)N1CCCC1. The first kappa shape index (κ1) is 14.4. The van der Waals surface area contributed by atoms with Crippen molar-refractivity contribution in [3.8, 4) is 0 Å². The van der Waals surface area contributed by atoms with Gasteiger partial charge in [-0.05, 0) is 46.7 Å². The summed E-state index contributed by atoms with van der Waals surface area (Å²) < 4.78 is 0. The maximum atomic E-state index is 11.9. The molecule has 1 rings (SSSR count). The number of carbonyl (C=O) groups excluding carboxylic acids is 1. The second kappa shape index (κ2) is 5.78. The zero-order valence-electron chi connectivity index (χ0n) is 11.0. The molecule has 4 nitrogen and oxygen atoms in total. The van der Waals surface area contributed by atoms with Crippen molar-refractivity contribution in [2.75, 3.05) is 19.6 Å². The van der Waals surface area contributed by atoms with Crippen LogP contribution in [0.5, 0.6) is 0 Å². The van der Waals surface area contributed by atoms with Crippen LogP contribution in [0.3, 0.4) is 0 Å². The summed E-state index contributed by atoms with van der Waals surface area (Å²) in [6, 6.07) is 0.378. The van der Waals surface area contributed by atoms with E-state index >= 15 is 0 Å². The lowest BCUT2D eigenvalue weighted by atomic mass is 9.92. The van der Waals surface area contributed by atoms with Gasteiger partial charge >= 0.3 is 0 Å². The van der Waals surface area contributed by atoms with Gasteiger partial charge in [0.2, 0.25) is 5.91 Å². The molecule has 98 valence electrons. The van der Waals surface area contributed by atoms with Gasteiger partial charge in [-0.15, -0.1) is 0 Å². The van der Waals surface area contributed by atoms with Crippen molar-refractivity contribution in [2.45, 2.75) is 39.7 Å². The molecule has 0 spiro atoms. The summed E-state index contributed by atoms with van der Waals surface area (Å²) in [4.78, 5) is 14.6. The molecule has 0 aromatic rings. The lowest BCUT2D eigenvalue weighted by molar-refractivity contribution is -0.126. The summed E-state index contributed by atoms with van der Waals surface area (Å²) in [5.41, 5.74) is 4.80. The molecule has 0 aromatic carbocycles. The fraction of sp³-hybridized carbons (Fsp3) is 0.833. The molecular formula is C12H23N3OS. The number of nitrogens with zero attached hydrogens (tertiary/aromatic N) is 1. The number of amides is 1. The minimum absolute atomic E-state index is 0.0870. The van der Waals surface area contributed by atoms with Gasteiger partial charge < -0.3 is 11.1 Å². The highest BCUT2D eigenvalue weighted by Gasteiger charge is 2.31. The van der Waals surface area contributed by atoms with E-state index in [0.717, 1.165) is 13.1 Å². The standard InChI is InChI=1S/C12H23N3OS/c1-9(15-6-4-5-7-15)8-14-11(16)12(2,3)10(13)17/h9H,4-8H2,1-3H3,(H2,13,17)(H,14,16). The predicted octanol–water partition coefficient (Wildman–Crippen LogP) is 0.899. The zero-order valence-corrected chi connectivity index (χ0v) is 11.8. The van der Waals surface area contributed by atoms with Crippen LogP contribution in [-0.4, -0.2) is 41.5 Å². The molecule has 1 unspecified atom stereocenters. The molecule has 1 fully saturated rings. The van der Waals surface area contributed by atoms with Gasteiger partial charge in [-0.3, -0.25) is 9.69 Å². The molecule has 0 radical (unpaired) electrons. The second-order valence-electron chi connectivity index (χ2n) is 5.29. The molecule has 1 aliphatic heterocycles. The number of hydrogen-bond donors (Lipinski definition) is 2. The monoisotopic (exact) mass is 257 g/mol. The van der Waals surface area contributed by atoms with Crippen molar-refractivity contribution in [3.63, 3.8) is 0 Å². The van der Waals surface area contributed by atoms with Gasteiger partial charge in [-0.1, -0.05) is 12.2 Å². The van der Waals surface area contributed by atoms with Crippen molar-refractivity contribution in [1.82, 2.24) is 10.2 Å². The molecule has 5 heteroatoms. The molecule has 1 aliphatic rings. The summed E-state index contributed by atoms with van der Waals surface area (Å²) in [5, 5.41) is 2.93. The maximum absolute atomic E-state index is 11.9. The first-order valence-electron chi connectivity index (χ1n) is 6.18. The van der Waals surface area contributed by atoms with E-state index < -0.39 is 5.41 Å². The van der Waals surface area contributed by atoms with E-state index in [1.807, 2.05) is 0 Å². The van der Waals surface area contributed by atoms with Gasteiger partial charge in [0.05, 0.1) is 10.4 Å². The highest BCUT2D eigenvalue weighted by molar-refractivity contribution is 7.80. The van der Waals surface area contributed by atoms with Crippen LogP contribution >= 0.6 is 12.2 Å². The molecule has 3 N–H and O–H groups in total. The Balaban J connectivity index is 2.39. The van der Waals surface area contributed by atoms with Crippen LogP contribution in [0.15, 0.2) is 0 Å².